The molecule has 0 atom stereocenters. The Morgan fingerprint density at radius 3 is 1.88 bits per heavy atom. The van der Waals surface area contributed by atoms with Crippen LogP contribution in [0.15, 0.2) is 0 Å². The summed E-state index contributed by atoms with van der Waals surface area (Å²) in [4.78, 5) is 10.7. The van der Waals surface area contributed by atoms with Gasteiger partial charge in [-0.15, -0.1) is 0 Å². The van der Waals surface area contributed by atoms with Gasteiger partial charge in [0.1, 0.15) is 0 Å². The third-order valence-electron chi connectivity index (χ3n) is 2.63. The fraction of sp³-hybridized carbons (Fsp3) is 0.917. The quantitative estimate of drug-likeness (QED) is 0.259. The molecular formula is C12H26KNO2. The van der Waals surface area contributed by atoms with Crippen molar-refractivity contribution in [2.24, 2.45) is 0 Å². The van der Waals surface area contributed by atoms with Gasteiger partial charge in [-0.1, -0.05) is 58.3 Å². The molecular weight excluding hydrogens is 229 g/mol. The van der Waals surface area contributed by atoms with Gasteiger partial charge in [-0.3, -0.25) is 10.0 Å². The maximum atomic E-state index is 10.7. The third kappa shape index (κ3) is 15.1. The largest absolute Gasteiger partial charge is 1.00 e. The third-order valence-corrected chi connectivity index (χ3v) is 2.63. The Bertz CT molecular complexity index is 159. The standard InChI is InChI=1S/C12H25NO2.K.H/c1-2-3-4-5-6-7-8-9-10-11-12(14)13-15;;/h15H,2-11H2,1H3,(H,13,14);;/q;+1;-1. The molecule has 0 heterocycles. The van der Waals surface area contributed by atoms with Gasteiger partial charge in [-0.05, 0) is 6.42 Å². The van der Waals surface area contributed by atoms with Crippen LogP contribution in [0.5, 0.6) is 0 Å². The summed E-state index contributed by atoms with van der Waals surface area (Å²) in [6.07, 6.45) is 11.6. The molecule has 0 bridgehead atoms. The molecule has 0 aliphatic heterocycles. The monoisotopic (exact) mass is 255 g/mol. The van der Waals surface area contributed by atoms with Crippen LogP contribution in [-0.2, 0) is 4.79 Å². The first-order valence-electron chi connectivity index (χ1n) is 6.24. The molecule has 16 heavy (non-hydrogen) atoms. The number of hydroxylamine groups is 1. The first kappa shape index (κ1) is 19.4. The summed E-state index contributed by atoms with van der Waals surface area (Å²) < 4.78 is 0. The second-order valence-corrected chi connectivity index (χ2v) is 4.11. The minimum atomic E-state index is -0.266. The molecule has 0 aliphatic rings. The molecule has 0 radical (unpaired) electrons. The van der Waals surface area contributed by atoms with Crippen molar-refractivity contribution >= 4 is 5.91 Å². The number of nitrogens with one attached hydrogen (secondary N) is 1. The smallest absolute Gasteiger partial charge is 1.00 e. The molecule has 0 saturated heterocycles. The van der Waals surface area contributed by atoms with Crippen molar-refractivity contribution in [3.05, 3.63) is 0 Å². The van der Waals surface area contributed by atoms with E-state index < -0.39 is 0 Å². The molecule has 0 fully saturated rings. The van der Waals surface area contributed by atoms with Gasteiger partial charge in [-0.25, -0.2) is 5.48 Å². The molecule has 2 N–H and O–H groups in total. The summed E-state index contributed by atoms with van der Waals surface area (Å²) in [7, 11) is 0. The van der Waals surface area contributed by atoms with Crippen LogP contribution in [0.25, 0.3) is 0 Å². The van der Waals surface area contributed by atoms with Gasteiger partial charge in [0, 0.05) is 6.42 Å². The van der Waals surface area contributed by atoms with E-state index in [1.54, 1.807) is 5.48 Å². The van der Waals surface area contributed by atoms with Crippen LogP contribution in [0, 0.1) is 0 Å². The van der Waals surface area contributed by atoms with E-state index in [9.17, 15) is 4.79 Å². The molecule has 0 aromatic carbocycles. The van der Waals surface area contributed by atoms with Crippen LogP contribution in [0.4, 0.5) is 0 Å². The number of carbonyl (C=O) groups is 1. The summed E-state index contributed by atoms with van der Waals surface area (Å²) in [6.45, 7) is 2.23. The van der Waals surface area contributed by atoms with E-state index in [2.05, 4.69) is 6.92 Å². The van der Waals surface area contributed by atoms with Gasteiger partial charge in [0.15, 0.2) is 0 Å². The molecule has 92 valence electrons. The molecule has 0 aromatic heterocycles. The Morgan fingerprint density at radius 2 is 1.44 bits per heavy atom. The first-order chi connectivity index (χ1) is 7.31. The molecule has 0 saturated carbocycles. The minimum absolute atomic E-state index is 0. The van der Waals surface area contributed by atoms with Gasteiger partial charge in [0.05, 0.1) is 0 Å². The molecule has 1 amide bonds. The Labute approximate surface area is 144 Å². The summed E-state index contributed by atoms with van der Waals surface area (Å²) >= 11 is 0. The van der Waals surface area contributed by atoms with Gasteiger partial charge in [0.25, 0.3) is 0 Å². The molecule has 4 heteroatoms. The van der Waals surface area contributed by atoms with E-state index in [1.165, 1.54) is 44.9 Å². The zero-order chi connectivity index (χ0) is 11.4. The minimum Gasteiger partial charge on any atom is -1.00 e. The van der Waals surface area contributed by atoms with Crippen molar-refractivity contribution in [2.45, 2.75) is 71.1 Å². The van der Waals surface area contributed by atoms with Crippen LogP contribution in [0.2, 0.25) is 0 Å². The van der Waals surface area contributed by atoms with E-state index in [-0.39, 0.29) is 58.7 Å². The van der Waals surface area contributed by atoms with Crippen LogP contribution >= 0.6 is 0 Å². The molecule has 3 nitrogen and oxygen atoms in total. The zero-order valence-electron chi connectivity index (χ0n) is 11.9. The molecule has 0 aliphatic carbocycles. The molecule has 0 aromatic rings. The summed E-state index contributed by atoms with van der Waals surface area (Å²) in [6, 6.07) is 0. The van der Waals surface area contributed by atoms with Gasteiger partial charge < -0.3 is 1.43 Å². The predicted molar refractivity (Wildman–Crippen MR) is 62.9 cm³/mol. The van der Waals surface area contributed by atoms with Crippen LogP contribution in [0.3, 0.4) is 0 Å². The second kappa shape index (κ2) is 16.1. The average molecular weight is 255 g/mol. The van der Waals surface area contributed by atoms with Crippen LogP contribution in [0.1, 0.15) is 72.6 Å². The number of amides is 1. The Hall–Kier alpha value is 1.07. The van der Waals surface area contributed by atoms with Gasteiger partial charge in [0.2, 0.25) is 5.91 Å². The summed E-state index contributed by atoms with van der Waals surface area (Å²) in [5.41, 5.74) is 1.65. The number of hydrogen-bond donors (Lipinski definition) is 2. The average Bonchev–Trinajstić information content (AvgIpc) is 2.26. The maximum Gasteiger partial charge on any atom is 1.00 e. The second-order valence-electron chi connectivity index (χ2n) is 4.11. The Morgan fingerprint density at radius 1 is 1.00 bits per heavy atom. The predicted octanol–water partition coefficient (Wildman–Crippen LogP) is 0.529. The SMILES string of the molecule is CCCCCCCCCCCC(=O)NO.[H-].[K+]. The molecule has 0 spiro atoms. The maximum absolute atomic E-state index is 10.7. The van der Waals surface area contributed by atoms with Crippen LogP contribution in [-0.4, -0.2) is 11.1 Å². The van der Waals surface area contributed by atoms with Gasteiger partial charge >= 0.3 is 51.4 Å². The van der Waals surface area contributed by atoms with Gasteiger partial charge in [-0.2, -0.15) is 0 Å². The van der Waals surface area contributed by atoms with Crippen molar-refractivity contribution in [1.82, 2.24) is 5.48 Å². The number of hydrogen-bond acceptors (Lipinski definition) is 2. The Balaban J connectivity index is -0.000000980. The van der Waals surface area contributed by atoms with E-state index in [0.717, 1.165) is 12.8 Å². The van der Waals surface area contributed by atoms with Crippen LogP contribution < -0.4 is 56.9 Å². The molecule has 0 unspecified atom stereocenters. The van der Waals surface area contributed by atoms with Crippen molar-refractivity contribution in [2.75, 3.05) is 0 Å². The topological polar surface area (TPSA) is 49.3 Å². The fourth-order valence-electron chi connectivity index (χ4n) is 1.65. The van der Waals surface area contributed by atoms with Crippen molar-refractivity contribution in [3.63, 3.8) is 0 Å². The van der Waals surface area contributed by atoms with Crippen molar-refractivity contribution in [3.8, 4) is 0 Å². The van der Waals surface area contributed by atoms with Crippen molar-refractivity contribution < 1.29 is 62.8 Å². The normalized spacial score (nSPS) is 9.62. The zero-order valence-corrected chi connectivity index (χ0v) is 14.0. The fourth-order valence-corrected chi connectivity index (χ4v) is 1.65. The number of carbonyl (C=O) groups excluding carboxylic acids is 1. The van der Waals surface area contributed by atoms with E-state index in [4.69, 9.17) is 5.21 Å². The van der Waals surface area contributed by atoms with E-state index in [1.807, 2.05) is 0 Å². The van der Waals surface area contributed by atoms with E-state index >= 15 is 0 Å². The van der Waals surface area contributed by atoms with E-state index in [0.29, 0.717) is 6.42 Å². The number of unbranched alkanes of at least 4 members (excludes halogenated alkanes) is 8. The summed E-state index contributed by atoms with van der Waals surface area (Å²) in [5.74, 6) is -0.266. The Kier molecular flexibility index (Phi) is 19.5. The number of rotatable bonds is 10. The summed E-state index contributed by atoms with van der Waals surface area (Å²) in [5, 5.41) is 8.26. The van der Waals surface area contributed by atoms with Crippen molar-refractivity contribution in [1.29, 1.82) is 0 Å². The first-order valence-corrected chi connectivity index (χ1v) is 6.24. The molecule has 0 rings (SSSR count).